The summed E-state index contributed by atoms with van der Waals surface area (Å²) in [6.07, 6.45) is 0. The Kier molecular flexibility index (Phi) is 4.46. The highest BCUT2D eigenvalue weighted by Crippen LogP contribution is 2.23. The molecular weight excluding hydrogens is 382 g/mol. The van der Waals surface area contributed by atoms with Crippen LogP contribution in [0, 0.1) is 6.92 Å². The molecule has 0 unspecified atom stereocenters. The Bertz CT molecular complexity index is 1180. The fourth-order valence-corrected chi connectivity index (χ4v) is 4.26. The molecule has 0 aliphatic heterocycles. The average Bonchev–Trinajstić information content (AvgIpc) is 3.38. The summed E-state index contributed by atoms with van der Waals surface area (Å²) in [7, 11) is 0. The number of hydrogen-bond acceptors (Lipinski definition) is 6. The lowest BCUT2D eigenvalue weighted by Crippen LogP contribution is -2.23. The Morgan fingerprint density at radius 2 is 2.07 bits per heavy atom. The minimum Gasteiger partial charge on any atom is -0.293 e. The third-order valence-electron chi connectivity index (χ3n) is 3.98. The molecule has 2 N–H and O–H groups in total. The van der Waals surface area contributed by atoms with E-state index in [1.807, 2.05) is 29.6 Å². The largest absolute Gasteiger partial charge is 0.293 e. The number of thiophene rings is 1. The van der Waals surface area contributed by atoms with Crippen molar-refractivity contribution >= 4 is 44.5 Å². The number of aromatic nitrogens is 3. The lowest BCUT2D eigenvalue weighted by Gasteiger charge is -1.99. The first-order chi connectivity index (χ1) is 13.0. The predicted octanol–water partition coefficient (Wildman–Crippen LogP) is 3.30. The monoisotopic (exact) mass is 397 g/mol. The Balaban J connectivity index is 1.67. The minimum absolute atomic E-state index is 0.252. The summed E-state index contributed by atoms with van der Waals surface area (Å²) in [5.74, 6) is -0.302. The van der Waals surface area contributed by atoms with Gasteiger partial charge in [-0.3, -0.25) is 14.7 Å². The maximum absolute atomic E-state index is 12.9. The lowest BCUT2D eigenvalue weighted by molar-refractivity contribution is 0.0959. The van der Waals surface area contributed by atoms with Crippen LogP contribution in [0.25, 0.3) is 15.3 Å². The number of nitrogens with zero attached hydrogens (tertiary/aromatic N) is 3. The van der Waals surface area contributed by atoms with Crippen molar-refractivity contribution in [2.75, 3.05) is 0 Å². The van der Waals surface area contributed by atoms with Crippen LogP contribution in [0.4, 0.5) is 0 Å². The summed E-state index contributed by atoms with van der Waals surface area (Å²) in [6, 6.07) is 11.2. The lowest BCUT2D eigenvalue weighted by atomic mass is 10.2. The van der Waals surface area contributed by atoms with E-state index in [4.69, 9.17) is 0 Å². The van der Waals surface area contributed by atoms with Crippen LogP contribution in [0.15, 0.2) is 51.7 Å². The topological polar surface area (TPSA) is 92.1 Å². The van der Waals surface area contributed by atoms with Crippen LogP contribution >= 0.6 is 22.7 Å². The van der Waals surface area contributed by atoms with E-state index in [2.05, 4.69) is 20.6 Å². The van der Waals surface area contributed by atoms with Crippen molar-refractivity contribution in [3.8, 4) is 5.13 Å². The maximum atomic E-state index is 12.9. The zero-order chi connectivity index (χ0) is 19.0. The van der Waals surface area contributed by atoms with E-state index in [1.165, 1.54) is 27.4 Å². The van der Waals surface area contributed by atoms with Crippen molar-refractivity contribution in [1.29, 1.82) is 0 Å². The molecule has 9 heteroatoms. The fourth-order valence-electron chi connectivity index (χ4n) is 2.72. The smallest absolute Gasteiger partial charge is 0.282 e. The first-order valence-electron chi connectivity index (χ1n) is 8.10. The van der Waals surface area contributed by atoms with E-state index in [9.17, 15) is 9.59 Å². The number of hydrazone groups is 1. The van der Waals surface area contributed by atoms with E-state index >= 15 is 0 Å². The highest BCUT2D eigenvalue weighted by atomic mass is 32.1. The molecule has 0 saturated heterocycles. The molecule has 27 heavy (non-hydrogen) atoms. The van der Waals surface area contributed by atoms with Crippen molar-refractivity contribution in [2.24, 2.45) is 5.10 Å². The zero-order valence-electron chi connectivity index (χ0n) is 14.5. The second kappa shape index (κ2) is 6.93. The summed E-state index contributed by atoms with van der Waals surface area (Å²) >= 11 is 2.76. The number of carbonyl (C=O) groups is 1. The van der Waals surface area contributed by atoms with Crippen LogP contribution in [-0.2, 0) is 0 Å². The van der Waals surface area contributed by atoms with Gasteiger partial charge in [-0.25, -0.2) is 10.4 Å². The van der Waals surface area contributed by atoms with Gasteiger partial charge in [-0.1, -0.05) is 29.5 Å². The molecular formula is C18H15N5O2S2. The number of nitrogens with one attached hydrogen (secondary N) is 2. The molecule has 3 heterocycles. The number of aryl methyl sites for hydroxylation is 1. The fraction of sp³-hybridized carbons (Fsp3) is 0.111. The second-order valence-corrected chi connectivity index (χ2v) is 7.79. The number of thiazole rings is 1. The van der Waals surface area contributed by atoms with E-state index in [-0.39, 0.29) is 11.5 Å². The van der Waals surface area contributed by atoms with Crippen molar-refractivity contribution < 1.29 is 4.79 Å². The van der Waals surface area contributed by atoms with Crippen LogP contribution in [0.5, 0.6) is 0 Å². The molecule has 1 aromatic carbocycles. The number of benzene rings is 1. The van der Waals surface area contributed by atoms with Gasteiger partial charge in [-0.05, 0) is 37.4 Å². The first-order valence-corrected chi connectivity index (χ1v) is 9.80. The summed E-state index contributed by atoms with van der Waals surface area (Å²) in [4.78, 5) is 30.0. The van der Waals surface area contributed by atoms with Gasteiger partial charge in [-0.2, -0.15) is 9.78 Å². The van der Waals surface area contributed by atoms with Crippen molar-refractivity contribution in [3.05, 3.63) is 68.3 Å². The van der Waals surface area contributed by atoms with Gasteiger partial charge >= 0.3 is 0 Å². The van der Waals surface area contributed by atoms with Gasteiger partial charge in [-0.15, -0.1) is 11.3 Å². The molecule has 4 aromatic rings. The Morgan fingerprint density at radius 3 is 2.81 bits per heavy atom. The van der Waals surface area contributed by atoms with Gasteiger partial charge in [0.2, 0.25) is 5.13 Å². The molecule has 0 aliphatic rings. The second-order valence-electron chi connectivity index (χ2n) is 5.83. The third kappa shape index (κ3) is 3.22. The molecule has 0 bridgehead atoms. The quantitative estimate of drug-likeness (QED) is 0.409. The van der Waals surface area contributed by atoms with Crippen molar-refractivity contribution in [3.63, 3.8) is 0 Å². The van der Waals surface area contributed by atoms with Crippen LogP contribution < -0.4 is 11.0 Å². The molecule has 0 fully saturated rings. The number of para-hydroxylation sites is 1. The maximum Gasteiger partial charge on any atom is 0.282 e. The minimum atomic E-state index is -0.302. The molecule has 4 rings (SSSR count). The normalized spacial score (nSPS) is 11.9. The van der Waals surface area contributed by atoms with Crippen LogP contribution in [0.1, 0.15) is 27.9 Å². The Hall–Kier alpha value is -3.04. The van der Waals surface area contributed by atoms with Crippen molar-refractivity contribution in [2.45, 2.75) is 13.8 Å². The predicted molar refractivity (Wildman–Crippen MR) is 108 cm³/mol. The number of fused-ring (bicyclic) bond motifs is 1. The number of carbonyl (C=O) groups excluding carboxylic acids is 1. The number of aromatic amines is 1. The standard InChI is InChI=1S/C18H15N5O2S2/c1-10(20-21-16(24)14-8-5-9-26-14)15-11(2)22-23(17(15)25)18-19-12-6-3-4-7-13(12)27-18/h3-9,22H,1-2H3,(H,21,24). The number of hydrogen-bond donors (Lipinski definition) is 2. The highest BCUT2D eigenvalue weighted by Gasteiger charge is 2.18. The number of amides is 1. The molecule has 0 spiro atoms. The van der Waals surface area contributed by atoms with E-state index in [1.54, 1.807) is 26.0 Å². The molecule has 7 nitrogen and oxygen atoms in total. The molecule has 0 radical (unpaired) electrons. The SMILES string of the molecule is CC(=NNC(=O)c1cccs1)c1c(C)[nH]n(-c2nc3ccccc3s2)c1=O. The number of rotatable bonds is 4. The molecule has 1 amide bonds. The molecule has 0 saturated carbocycles. The van der Waals surface area contributed by atoms with E-state index in [0.29, 0.717) is 27.0 Å². The van der Waals surface area contributed by atoms with Crippen LogP contribution in [0.3, 0.4) is 0 Å². The summed E-state index contributed by atoms with van der Waals surface area (Å²) in [6.45, 7) is 3.48. The van der Waals surface area contributed by atoms with E-state index in [0.717, 1.165) is 10.2 Å². The highest BCUT2D eigenvalue weighted by molar-refractivity contribution is 7.20. The summed E-state index contributed by atoms with van der Waals surface area (Å²) in [5.41, 5.74) is 4.59. The summed E-state index contributed by atoms with van der Waals surface area (Å²) in [5, 5.41) is 9.52. The van der Waals surface area contributed by atoms with Gasteiger partial charge in [0.25, 0.3) is 11.5 Å². The molecule has 3 aromatic heterocycles. The molecule has 0 aliphatic carbocycles. The van der Waals surface area contributed by atoms with Gasteiger partial charge < -0.3 is 0 Å². The molecule has 136 valence electrons. The average molecular weight is 397 g/mol. The summed E-state index contributed by atoms with van der Waals surface area (Å²) < 4.78 is 2.41. The first kappa shape index (κ1) is 17.4. The van der Waals surface area contributed by atoms with Crippen LogP contribution in [0.2, 0.25) is 0 Å². The Morgan fingerprint density at radius 1 is 1.26 bits per heavy atom. The van der Waals surface area contributed by atoms with Gasteiger partial charge in [0.05, 0.1) is 26.4 Å². The van der Waals surface area contributed by atoms with Gasteiger partial charge in [0.15, 0.2) is 0 Å². The van der Waals surface area contributed by atoms with E-state index < -0.39 is 0 Å². The third-order valence-corrected chi connectivity index (χ3v) is 5.87. The van der Waals surface area contributed by atoms with Crippen molar-refractivity contribution in [1.82, 2.24) is 20.2 Å². The van der Waals surface area contributed by atoms with Gasteiger partial charge in [0.1, 0.15) is 0 Å². The number of H-pyrrole nitrogens is 1. The molecule has 0 atom stereocenters. The zero-order valence-corrected chi connectivity index (χ0v) is 16.1. The Labute approximate surface area is 162 Å². The van der Waals surface area contributed by atoms with Gasteiger partial charge in [0, 0.05) is 5.69 Å². The van der Waals surface area contributed by atoms with Crippen LogP contribution in [-0.4, -0.2) is 26.4 Å².